The number of aryl methyl sites for hydroxylation is 1. The highest BCUT2D eigenvalue weighted by molar-refractivity contribution is 5.27. The number of nitrogens with zero attached hydrogens (tertiary/aromatic N) is 3. The molecule has 6 heteroatoms. The number of ether oxygens (including phenoxy) is 2. The van der Waals surface area contributed by atoms with Crippen LogP contribution in [0.2, 0.25) is 0 Å². The van der Waals surface area contributed by atoms with E-state index in [1.807, 2.05) is 31.2 Å². The van der Waals surface area contributed by atoms with E-state index in [0.29, 0.717) is 19.7 Å². The van der Waals surface area contributed by atoms with Gasteiger partial charge in [-0.25, -0.2) is 0 Å². The van der Waals surface area contributed by atoms with Crippen molar-refractivity contribution in [1.82, 2.24) is 14.9 Å². The third kappa shape index (κ3) is 4.74. The Morgan fingerprint density at radius 3 is 3.08 bits per heavy atom. The molecule has 0 aliphatic carbocycles. The van der Waals surface area contributed by atoms with Crippen molar-refractivity contribution in [2.45, 2.75) is 19.1 Å². The molecular formula is C18H23N3O3. The Kier molecular flexibility index (Phi) is 5.40. The van der Waals surface area contributed by atoms with Gasteiger partial charge in [0.05, 0.1) is 18.9 Å². The van der Waals surface area contributed by atoms with Crippen LogP contribution >= 0.6 is 0 Å². The van der Waals surface area contributed by atoms with Crippen molar-refractivity contribution in [1.29, 1.82) is 0 Å². The van der Waals surface area contributed by atoms with Crippen molar-refractivity contribution < 1.29 is 14.6 Å². The van der Waals surface area contributed by atoms with Crippen LogP contribution in [0.1, 0.15) is 11.3 Å². The average Bonchev–Trinajstić information content (AvgIpc) is 2.76. The molecule has 3 rings (SSSR count). The van der Waals surface area contributed by atoms with Crippen LogP contribution in [0.5, 0.6) is 5.75 Å². The SMILES string of the molecule is Cc1cccc(OC[C@]2(O)COCCN(Cc3cnccn3)C2)c1. The van der Waals surface area contributed by atoms with Crippen LogP contribution in [0, 0.1) is 6.92 Å². The Hall–Kier alpha value is -2.02. The first-order valence-electron chi connectivity index (χ1n) is 8.10. The second-order valence-corrected chi connectivity index (χ2v) is 6.29. The van der Waals surface area contributed by atoms with Gasteiger partial charge in [0.1, 0.15) is 18.0 Å². The van der Waals surface area contributed by atoms with Crippen molar-refractivity contribution in [2.24, 2.45) is 0 Å². The number of aliphatic hydroxyl groups is 1. The smallest absolute Gasteiger partial charge is 0.134 e. The van der Waals surface area contributed by atoms with Gasteiger partial charge in [0.2, 0.25) is 0 Å². The summed E-state index contributed by atoms with van der Waals surface area (Å²) in [7, 11) is 0. The average molecular weight is 329 g/mol. The van der Waals surface area contributed by atoms with Crippen molar-refractivity contribution >= 4 is 0 Å². The number of hydrogen-bond donors (Lipinski definition) is 1. The molecule has 2 aromatic rings. The fourth-order valence-electron chi connectivity index (χ4n) is 2.78. The minimum Gasteiger partial charge on any atom is -0.490 e. The predicted octanol–water partition coefficient (Wildman–Crippen LogP) is 1.43. The largest absolute Gasteiger partial charge is 0.490 e. The van der Waals surface area contributed by atoms with E-state index >= 15 is 0 Å². The van der Waals surface area contributed by atoms with Crippen molar-refractivity contribution in [3.63, 3.8) is 0 Å². The summed E-state index contributed by atoms with van der Waals surface area (Å²) in [6, 6.07) is 7.81. The summed E-state index contributed by atoms with van der Waals surface area (Å²) in [4.78, 5) is 10.5. The van der Waals surface area contributed by atoms with Crippen LogP contribution in [-0.4, -0.2) is 58.5 Å². The van der Waals surface area contributed by atoms with Gasteiger partial charge in [-0.1, -0.05) is 12.1 Å². The first kappa shape index (κ1) is 16.8. The van der Waals surface area contributed by atoms with Crippen molar-refractivity contribution in [2.75, 3.05) is 32.9 Å². The van der Waals surface area contributed by atoms with E-state index < -0.39 is 5.60 Å². The summed E-state index contributed by atoms with van der Waals surface area (Å²) in [5, 5.41) is 10.9. The number of aromatic nitrogens is 2. The van der Waals surface area contributed by atoms with Crippen LogP contribution in [0.4, 0.5) is 0 Å². The van der Waals surface area contributed by atoms with Crippen molar-refractivity contribution in [3.05, 3.63) is 54.1 Å². The van der Waals surface area contributed by atoms with Gasteiger partial charge in [0, 0.05) is 38.2 Å². The molecule has 24 heavy (non-hydrogen) atoms. The Morgan fingerprint density at radius 1 is 1.38 bits per heavy atom. The van der Waals surface area contributed by atoms with Gasteiger partial charge in [-0.3, -0.25) is 14.9 Å². The Balaban J connectivity index is 1.62. The molecule has 1 saturated heterocycles. The van der Waals surface area contributed by atoms with Gasteiger partial charge in [-0.2, -0.15) is 0 Å². The van der Waals surface area contributed by atoms with Gasteiger partial charge < -0.3 is 14.6 Å². The summed E-state index contributed by atoms with van der Waals surface area (Å²) in [5.74, 6) is 0.758. The highest BCUT2D eigenvalue weighted by Crippen LogP contribution is 2.18. The first-order valence-corrected chi connectivity index (χ1v) is 8.10. The minimum atomic E-state index is -1.05. The lowest BCUT2D eigenvalue weighted by Gasteiger charge is -2.30. The monoisotopic (exact) mass is 329 g/mol. The highest BCUT2D eigenvalue weighted by atomic mass is 16.5. The molecule has 1 fully saturated rings. The van der Waals surface area contributed by atoms with Gasteiger partial charge in [0.15, 0.2) is 0 Å². The van der Waals surface area contributed by atoms with Crippen LogP contribution in [0.25, 0.3) is 0 Å². The lowest BCUT2D eigenvalue weighted by molar-refractivity contribution is -0.0647. The maximum atomic E-state index is 10.9. The molecule has 0 spiro atoms. The fraction of sp³-hybridized carbons (Fsp3) is 0.444. The van der Waals surface area contributed by atoms with Crippen LogP contribution in [0.15, 0.2) is 42.9 Å². The predicted molar refractivity (Wildman–Crippen MR) is 89.8 cm³/mol. The van der Waals surface area contributed by atoms with E-state index in [9.17, 15) is 5.11 Å². The zero-order valence-corrected chi connectivity index (χ0v) is 13.9. The topological polar surface area (TPSA) is 67.7 Å². The number of hydrogen-bond acceptors (Lipinski definition) is 6. The molecular weight excluding hydrogens is 306 g/mol. The van der Waals surface area contributed by atoms with E-state index in [4.69, 9.17) is 9.47 Å². The lowest BCUT2D eigenvalue weighted by atomic mass is 10.1. The zero-order valence-electron chi connectivity index (χ0n) is 13.9. The zero-order chi connectivity index (χ0) is 16.8. The second kappa shape index (κ2) is 7.70. The quantitative estimate of drug-likeness (QED) is 0.895. The maximum Gasteiger partial charge on any atom is 0.134 e. The van der Waals surface area contributed by atoms with Crippen LogP contribution < -0.4 is 4.74 Å². The summed E-state index contributed by atoms with van der Waals surface area (Å²) in [5.41, 5.74) is 0.949. The normalized spacial score (nSPS) is 22.1. The Morgan fingerprint density at radius 2 is 2.29 bits per heavy atom. The molecule has 0 saturated carbocycles. The Bertz CT molecular complexity index is 653. The maximum absolute atomic E-state index is 10.9. The third-order valence-electron chi connectivity index (χ3n) is 3.94. The molecule has 2 heterocycles. The molecule has 128 valence electrons. The molecule has 0 amide bonds. The van der Waals surface area contributed by atoms with Crippen molar-refractivity contribution in [3.8, 4) is 5.75 Å². The molecule has 1 N–H and O–H groups in total. The number of rotatable bonds is 5. The van der Waals surface area contributed by atoms with Crippen LogP contribution in [-0.2, 0) is 11.3 Å². The minimum absolute atomic E-state index is 0.188. The summed E-state index contributed by atoms with van der Waals surface area (Å²) in [6.07, 6.45) is 5.08. The van der Waals surface area contributed by atoms with E-state index in [-0.39, 0.29) is 13.2 Å². The Labute approximate surface area is 142 Å². The molecule has 1 aromatic carbocycles. The number of β-amino-alcohol motifs (C(OH)–C–C–N with tert-alkyl or cyclic N) is 1. The standard InChI is InChI=1S/C18H23N3O3/c1-15-3-2-4-17(9-15)24-14-18(22)12-21(7-8-23-13-18)11-16-10-19-5-6-20-16/h2-6,9-10,22H,7-8,11-14H2,1H3/t18-/m1/s1. The molecule has 1 aliphatic heterocycles. The summed E-state index contributed by atoms with van der Waals surface area (Å²) >= 11 is 0. The van der Waals surface area contributed by atoms with E-state index in [1.54, 1.807) is 18.6 Å². The van der Waals surface area contributed by atoms with Gasteiger partial charge in [0.25, 0.3) is 0 Å². The highest BCUT2D eigenvalue weighted by Gasteiger charge is 2.33. The molecule has 6 nitrogen and oxygen atoms in total. The first-order chi connectivity index (χ1) is 11.6. The molecule has 0 radical (unpaired) electrons. The molecule has 1 aliphatic rings. The van der Waals surface area contributed by atoms with E-state index in [0.717, 1.165) is 23.6 Å². The molecule has 1 atom stereocenters. The van der Waals surface area contributed by atoms with E-state index in [2.05, 4.69) is 14.9 Å². The molecule has 0 bridgehead atoms. The second-order valence-electron chi connectivity index (χ2n) is 6.29. The number of benzene rings is 1. The van der Waals surface area contributed by atoms with Crippen LogP contribution in [0.3, 0.4) is 0 Å². The lowest BCUT2D eigenvalue weighted by Crippen LogP contribution is -2.48. The third-order valence-corrected chi connectivity index (χ3v) is 3.94. The van der Waals surface area contributed by atoms with Gasteiger partial charge in [-0.15, -0.1) is 0 Å². The molecule has 1 aromatic heterocycles. The fourth-order valence-corrected chi connectivity index (χ4v) is 2.78. The van der Waals surface area contributed by atoms with Gasteiger partial charge >= 0.3 is 0 Å². The molecule has 0 unspecified atom stereocenters. The van der Waals surface area contributed by atoms with Gasteiger partial charge in [-0.05, 0) is 24.6 Å². The van der Waals surface area contributed by atoms with E-state index in [1.165, 1.54) is 0 Å². The summed E-state index contributed by atoms with van der Waals surface area (Å²) in [6.45, 7) is 4.87. The summed E-state index contributed by atoms with van der Waals surface area (Å²) < 4.78 is 11.4.